The molecule has 2 fully saturated rings. The maximum Gasteiger partial charge on any atom is 0.231 e. The first-order chi connectivity index (χ1) is 16.5. The number of hydrogen-bond donors (Lipinski definition) is 2. The molecule has 0 aliphatic carbocycles. The monoisotopic (exact) mass is 469 g/mol. The number of carbonyl (C=O) groups excluding carboxylic acids is 2. The molecular formula is C26H32FN3O4. The molecule has 182 valence electrons. The highest BCUT2D eigenvalue weighted by molar-refractivity contribution is 5.91. The fraction of sp³-hybridized carbons (Fsp3) is 0.462. The first-order valence-corrected chi connectivity index (χ1v) is 11.9. The number of rotatable bonds is 8. The van der Waals surface area contributed by atoms with E-state index in [4.69, 9.17) is 9.47 Å². The second-order valence-corrected chi connectivity index (χ2v) is 8.84. The molecule has 34 heavy (non-hydrogen) atoms. The molecule has 2 aliphatic rings. The van der Waals surface area contributed by atoms with E-state index in [-0.39, 0.29) is 17.6 Å². The Kier molecular flexibility index (Phi) is 8.26. The standard InChI is InChI=1S/C26H32FN3O4/c27-22-6-4-21(5-7-22)26(9-14-33-15-10-26)25(32)28-19-20-2-1-3-23(18-20)29-24(31)8-11-30-12-16-34-17-13-30/h1-7,18H,8-17,19H2,(H,28,32)(H,29,31). The van der Waals surface area contributed by atoms with Crippen LogP contribution < -0.4 is 10.6 Å². The fourth-order valence-corrected chi connectivity index (χ4v) is 4.55. The van der Waals surface area contributed by atoms with Crippen LogP contribution >= 0.6 is 0 Å². The number of ether oxygens (including phenoxy) is 2. The van der Waals surface area contributed by atoms with E-state index in [1.807, 2.05) is 24.3 Å². The zero-order valence-electron chi connectivity index (χ0n) is 19.4. The average Bonchev–Trinajstić information content (AvgIpc) is 2.88. The number of carbonyl (C=O) groups is 2. The Bertz CT molecular complexity index is 970. The van der Waals surface area contributed by atoms with Crippen molar-refractivity contribution in [1.82, 2.24) is 10.2 Å². The van der Waals surface area contributed by atoms with Crippen LogP contribution in [0.5, 0.6) is 0 Å². The van der Waals surface area contributed by atoms with Gasteiger partial charge in [-0.25, -0.2) is 4.39 Å². The summed E-state index contributed by atoms with van der Waals surface area (Å²) in [4.78, 5) is 27.9. The molecule has 2 aliphatic heterocycles. The Morgan fingerprint density at radius 3 is 2.41 bits per heavy atom. The van der Waals surface area contributed by atoms with E-state index in [0.717, 1.165) is 24.2 Å². The number of amides is 2. The molecule has 0 bridgehead atoms. The number of benzene rings is 2. The number of nitrogens with one attached hydrogen (secondary N) is 2. The summed E-state index contributed by atoms with van der Waals surface area (Å²) in [5.41, 5.74) is 1.66. The maximum absolute atomic E-state index is 13.5. The molecule has 2 amide bonds. The Hall–Kier alpha value is -2.81. The van der Waals surface area contributed by atoms with Gasteiger partial charge in [0.1, 0.15) is 5.82 Å². The van der Waals surface area contributed by atoms with Crippen molar-refractivity contribution in [2.75, 3.05) is 51.4 Å². The van der Waals surface area contributed by atoms with Gasteiger partial charge in [-0.15, -0.1) is 0 Å². The summed E-state index contributed by atoms with van der Waals surface area (Å²) in [5.74, 6) is -0.456. The molecular weight excluding hydrogens is 437 g/mol. The van der Waals surface area contributed by atoms with Gasteiger partial charge in [-0.2, -0.15) is 0 Å². The summed E-state index contributed by atoms with van der Waals surface area (Å²) in [7, 11) is 0. The summed E-state index contributed by atoms with van der Waals surface area (Å²) in [6, 6.07) is 13.7. The van der Waals surface area contributed by atoms with Crippen LogP contribution in [-0.4, -0.2) is 62.8 Å². The van der Waals surface area contributed by atoms with Crippen molar-refractivity contribution in [3.05, 3.63) is 65.5 Å². The van der Waals surface area contributed by atoms with Gasteiger partial charge in [0.2, 0.25) is 11.8 Å². The molecule has 2 saturated heterocycles. The second kappa shape index (κ2) is 11.6. The van der Waals surface area contributed by atoms with Gasteiger partial charge in [0, 0.05) is 51.5 Å². The van der Waals surface area contributed by atoms with Crippen LogP contribution in [0.4, 0.5) is 10.1 Å². The minimum absolute atomic E-state index is 0.0369. The molecule has 0 spiro atoms. The second-order valence-electron chi connectivity index (χ2n) is 8.84. The van der Waals surface area contributed by atoms with Crippen LogP contribution in [0.25, 0.3) is 0 Å². The molecule has 2 aromatic rings. The van der Waals surface area contributed by atoms with E-state index in [2.05, 4.69) is 15.5 Å². The van der Waals surface area contributed by atoms with Crippen LogP contribution in [-0.2, 0) is 31.0 Å². The average molecular weight is 470 g/mol. The van der Waals surface area contributed by atoms with E-state index in [1.54, 1.807) is 12.1 Å². The lowest BCUT2D eigenvalue weighted by Gasteiger charge is -2.36. The van der Waals surface area contributed by atoms with Gasteiger partial charge >= 0.3 is 0 Å². The fourth-order valence-electron chi connectivity index (χ4n) is 4.55. The van der Waals surface area contributed by atoms with Crippen molar-refractivity contribution in [2.24, 2.45) is 0 Å². The Morgan fingerprint density at radius 1 is 0.971 bits per heavy atom. The number of nitrogens with zero attached hydrogens (tertiary/aromatic N) is 1. The lowest BCUT2D eigenvalue weighted by molar-refractivity contribution is -0.130. The third kappa shape index (κ3) is 6.20. The Balaban J connectivity index is 1.34. The third-order valence-electron chi connectivity index (χ3n) is 6.60. The molecule has 7 nitrogen and oxygen atoms in total. The van der Waals surface area contributed by atoms with E-state index in [9.17, 15) is 14.0 Å². The van der Waals surface area contributed by atoms with Crippen molar-refractivity contribution < 1.29 is 23.5 Å². The van der Waals surface area contributed by atoms with Gasteiger partial charge in [0.25, 0.3) is 0 Å². The highest BCUT2D eigenvalue weighted by atomic mass is 19.1. The predicted octanol–water partition coefficient (Wildman–Crippen LogP) is 2.85. The Labute approximate surface area is 199 Å². The predicted molar refractivity (Wildman–Crippen MR) is 127 cm³/mol. The van der Waals surface area contributed by atoms with Gasteiger partial charge in [-0.05, 0) is 48.2 Å². The summed E-state index contributed by atoms with van der Waals surface area (Å²) < 4.78 is 24.3. The summed E-state index contributed by atoms with van der Waals surface area (Å²) in [6.45, 7) is 5.14. The molecule has 0 radical (unpaired) electrons. The molecule has 2 aromatic carbocycles. The topological polar surface area (TPSA) is 79.9 Å². The summed E-state index contributed by atoms with van der Waals surface area (Å²) in [5, 5.41) is 6.00. The molecule has 0 saturated carbocycles. The summed E-state index contributed by atoms with van der Waals surface area (Å²) >= 11 is 0. The van der Waals surface area contributed by atoms with E-state index >= 15 is 0 Å². The zero-order chi connectivity index (χ0) is 23.8. The smallest absolute Gasteiger partial charge is 0.231 e. The first-order valence-electron chi connectivity index (χ1n) is 11.9. The molecule has 0 atom stereocenters. The quantitative estimate of drug-likeness (QED) is 0.622. The van der Waals surface area contributed by atoms with E-state index < -0.39 is 5.41 Å². The number of morpholine rings is 1. The molecule has 0 unspecified atom stereocenters. The van der Waals surface area contributed by atoms with Gasteiger partial charge < -0.3 is 20.1 Å². The highest BCUT2D eigenvalue weighted by Crippen LogP contribution is 2.35. The number of anilines is 1. The zero-order valence-corrected chi connectivity index (χ0v) is 19.4. The van der Waals surface area contributed by atoms with Crippen molar-refractivity contribution in [3.63, 3.8) is 0 Å². The lowest BCUT2D eigenvalue weighted by Crippen LogP contribution is -2.47. The molecule has 8 heteroatoms. The van der Waals surface area contributed by atoms with Crippen LogP contribution in [0.2, 0.25) is 0 Å². The van der Waals surface area contributed by atoms with Crippen LogP contribution in [0.1, 0.15) is 30.4 Å². The van der Waals surface area contributed by atoms with Crippen molar-refractivity contribution in [1.29, 1.82) is 0 Å². The number of hydrogen-bond acceptors (Lipinski definition) is 5. The van der Waals surface area contributed by atoms with Crippen LogP contribution in [0, 0.1) is 5.82 Å². The van der Waals surface area contributed by atoms with Gasteiger partial charge in [0.15, 0.2) is 0 Å². The van der Waals surface area contributed by atoms with Crippen LogP contribution in [0.3, 0.4) is 0 Å². The minimum Gasteiger partial charge on any atom is -0.381 e. The third-order valence-corrected chi connectivity index (χ3v) is 6.60. The van der Waals surface area contributed by atoms with Crippen molar-refractivity contribution in [2.45, 2.75) is 31.2 Å². The SMILES string of the molecule is O=C(CCN1CCOCC1)Nc1cccc(CNC(=O)C2(c3ccc(F)cc3)CCOCC2)c1. The molecule has 2 heterocycles. The highest BCUT2D eigenvalue weighted by Gasteiger charge is 2.41. The Morgan fingerprint density at radius 2 is 1.68 bits per heavy atom. The van der Waals surface area contributed by atoms with E-state index in [1.165, 1.54) is 12.1 Å². The largest absolute Gasteiger partial charge is 0.381 e. The molecule has 2 N–H and O–H groups in total. The van der Waals surface area contributed by atoms with Crippen molar-refractivity contribution in [3.8, 4) is 0 Å². The normalized spacial score (nSPS) is 18.3. The van der Waals surface area contributed by atoms with Gasteiger partial charge in [-0.3, -0.25) is 14.5 Å². The first kappa shape index (κ1) is 24.3. The van der Waals surface area contributed by atoms with E-state index in [0.29, 0.717) is 64.5 Å². The van der Waals surface area contributed by atoms with Crippen molar-refractivity contribution >= 4 is 17.5 Å². The lowest BCUT2D eigenvalue weighted by atomic mass is 9.73. The van der Waals surface area contributed by atoms with Gasteiger partial charge in [-0.1, -0.05) is 24.3 Å². The summed E-state index contributed by atoms with van der Waals surface area (Å²) in [6.07, 6.45) is 1.51. The van der Waals surface area contributed by atoms with Gasteiger partial charge in [0.05, 0.1) is 18.6 Å². The molecule has 4 rings (SSSR count). The number of halogens is 1. The minimum atomic E-state index is -0.739. The van der Waals surface area contributed by atoms with Crippen LogP contribution in [0.15, 0.2) is 48.5 Å². The molecule has 0 aromatic heterocycles. The maximum atomic E-state index is 13.5.